The molecule has 63 heavy (non-hydrogen) atoms. The molecule has 0 unspecified atom stereocenters. The maximum Gasteiger partial charge on any atom is 0.162 e. The van der Waals surface area contributed by atoms with E-state index in [0.717, 1.165) is 67.3 Å². The first kappa shape index (κ1) is 35.5. The third kappa shape index (κ3) is 5.64. The highest BCUT2D eigenvalue weighted by molar-refractivity contribution is 7.27. The van der Waals surface area contributed by atoms with Gasteiger partial charge in [0.1, 0.15) is 11.6 Å². The van der Waals surface area contributed by atoms with Crippen LogP contribution in [0.15, 0.2) is 206 Å². The molecule has 0 radical (unpaired) electrons. The SMILES string of the molecule is c1ccc(-c2cc(-n3c4ccccc4c4c5sc6c(ccc7c6c6ccccc6n7-c6cc(-c7ccccc7)nc(-c7ccccc7)n6)c5ccc43)nc(-c3ccccc3)n2)cc1. The van der Waals surface area contributed by atoms with Crippen molar-refractivity contribution in [2.45, 2.75) is 0 Å². The van der Waals surface area contributed by atoms with E-state index >= 15 is 0 Å². The van der Waals surface area contributed by atoms with Gasteiger partial charge in [0.05, 0.1) is 33.5 Å². The van der Waals surface area contributed by atoms with Crippen molar-refractivity contribution >= 4 is 75.1 Å². The van der Waals surface area contributed by atoms with Gasteiger partial charge in [-0.05, 0) is 24.3 Å². The highest BCUT2D eigenvalue weighted by atomic mass is 32.1. The summed E-state index contributed by atoms with van der Waals surface area (Å²) in [5, 5.41) is 7.29. The van der Waals surface area contributed by atoms with Crippen molar-refractivity contribution < 1.29 is 0 Å². The molecular weight excluding hydrogens is 789 g/mol. The normalized spacial score (nSPS) is 11.8. The predicted molar refractivity (Wildman–Crippen MR) is 261 cm³/mol. The molecule has 0 amide bonds. The summed E-state index contributed by atoms with van der Waals surface area (Å²) in [6, 6.07) is 72.1. The average molecular weight is 823 g/mol. The lowest BCUT2D eigenvalue weighted by molar-refractivity contribution is 1.05. The van der Waals surface area contributed by atoms with E-state index < -0.39 is 0 Å². The van der Waals surface area contributed by atoms with Crippen LogP contribution >= 0.6 is 11.3 Å². The fourth-order valence-electron chi connectivity index (χ4n) is 9.33. The van der Waals surface area contributed by atoms with Crippen LogP contribution in [0.5, 0.6) is 0 Å². The van der Waals surface area contributed by atoms with E-state index in [1.807, 2.05) is 59.9 Å². The second-order valence-corrected chi connectivity index (χ2v) is 16.8. The summed E-state index contributed by atoms with van der Waals surface area (Å²) in [4.78, 5) is 20.8. The Bertz CT molecular complexity index is 3520. The first-order chi connectivity index (χ1) is 31.2. The molecule has 294 valence electrons. The first-order valence-corrected chi connectivity index (χ1v) is 21.9. The van der Waals surface area contributed by atoms with Gasteiger partial charge in [-0.1, -0.05) is 170 Å². The molecule has 0 saturated heterocycles. The Balaban J connectivity index is 1.07. The molecular formula is C56H34N6S. The van der Waals surface area contributed by atoms with Gasteiger partial charge in [-0.15, -0.1) is 11.3 Å². The van der Waals surface area contributed by atoms with E-state index in [4.69, 9.17) is 19.9 Å². The van der Waals surface area contributed by atoms with Gasteiger partial charge in [-0.25, -0.2) is 19.9 Å². The van der Waals surface area contributed by atoms with Crippen LogP contribution in [0.3, 0.4) is 0 Å². The molecule has 5 aromatic heterocycles. The number of nitrogens with zero attached hydrogens (tertiary/aromatic N) is 6. The van der Waals surface area contributed by atoms with Crippen LogP contribution in [0, 0.1) is 0 Å². The largest absolute Gasteiger partial charge is 0.294 e. The first-order valence-electron chi connectivity index (χ1n) is 21.1. The average Bonchev–Trinajstić information content (AvgIpc) is 4.02. The van der Waals surface area contributed by atoms with Crippen LogP contribution < -0.4 is 0 Å². The smallest absolute Gasteiger partial charge is 0.162 e. The van der Waals surface area contributed by atoms with E-state index in [9.17, 15) is 0 Å². The zero-order valence-electron chi connectivity index (χ0n) is 33.7. The molecule has 0 spiro atoms. The second kappa shape index (κ2) is 14.2. The molecule has 8 aromatic carbocycles. The third-order valence-electron chi connectivity index (χ3n) is 12.2. The van der Waals surface area contributed by atoms with E-state index in [-0.39, 0.29) is 0 Å². The van der Waals surface area contributed by atoms with Crippen molar-refractivity contribution in [3.05, 3.63) is 206 Å². The van der Waals surface area contributed by atoms with E-state index in [1.54, 1.807) is 0 Å². The number of aromatic nitrogens is 6. The Morgan fingerprint density at radius 1 is 0.302 bits per heavy atom. The highest BCUT2D eigenvalue weighted by Gasteiger charge is 2.23. The summed E-state index contributed by atoms with van der Waals surface area (Å²) in [5.41, 5.74) is 10.2. The van der Waals surface area contributed by atoms with Crippen LogP contribution in [0.25, 0.3) is 121 Å². The van der Waals surface area contributed by atoms with Crippen molar-refractivity contribution in [2.75, 3.05) is 0 Å². The predicted octanol–water partition coefficient (Wildman–Crippen LogP) is 14.5. The van der Waals surface area contributed by atoms with Gasteiger partial charge in [0.2, 0.25) is 0 Å². The molecule has 13 rings (SSSR count). The molecule has 7 heteroatoms. The second-order valence-electron chi connectivity index (χ2n) is 15.8. The van der Waals surface area contributed by atoms with Crippen LogP contribution in [-0.4, -0.2) is 29.1 Å². The quantitative estimate of drug-likeness (QED) is 0.168. The fourth-order valence-corrected chi connectivity index (χ4v) is 10.7. The number of benzene rings is 8. The van der Waals surface area contributed by atoms with Gasteiger partial charge in [0, 0.05) is 76.1 Å². The zero-order valence-corrected chi connectivity index (χ0v) is 34.5. The Morgan fingerprint density at radius 3 is 1.08 bits per heavy atom. The molecule has 0 bridgehead atoms. The van der Waals surface area contributed by atoms with Gasteiger partial charge in [0.25, 0.3) is 0 Å². The lowest BCUT2D eigenvalue weighted by atomic mass is 10.1. The molecule has 6 nitrogen and oxygen atoms in total. The number of thiophene rings is 1. The highest BCUT2D eigenvalue weighted by Crippen LogP contribution is 2.47. The van der Waals surface area contributed by atoms with Gasteiger partial charge < -0.3 is 0 Å². The molecule has 0 fully saturated rings. The van der Waals surface area contributed by atoms with Crippen LogP contribution in [0.4, 0.5) is 0 Å². The molecule has 0 atom stereocenters. The van der Waals surface area contributed by atoms with Gasteiger partial charge >= 0.3 is 0 Å². The lowest BCUT2D eigenvalue weighted by Crippen LogP contribution is -2.02. The number of fused-ring (bicyclic) bond motifs is 11. The Kier molecular flexibility index (Phi) is 7.98. The molecule has 13 aromatic rings. The minimum absolute atomic E-state index is 0.690. The molecule has 0 aliphatic heterocycles. The fraction of sp³-hybridized carbons (Fsp3) is 0. The van der Waals surface area contributed by atoms with Crippen molar-refractivity contribution in [3.8, 4) is 56.9 Å². The van der Waals surface area contributed by atoms with E-state index in [1.165, 1.54) is 41.7 Å². The molecule has 5 heterocycles. The minimum Gasteiger partial charge on any atom is -0.294 e. The molecule has 0 N–H and O–H groups in total. The lowest BCUT2D eigenvalue weighted by Gasteiger charge is -2.12. The van der Waals surface area contributed by atoms with Crippen LogP contribution in [0.2, 0.25) is 0 Å². The molecule has 0 aliphatic carbocycles. The molecule has 0 saturated carbocycles. The summed E-state index contributed by atoms with van der Waals surface area (Å²) in [5.74, 6) is 3.04. The van der Waals surface area contributed by atoms with Crippen molar-refractivity contribution in [2.24, 2.45) is 0 Å². The third-order valence-corrected chi connectivity index (χ3v) is 13.4. The topological polar surface area (TPSA) is 61.4 Å². The number of hydrogen-bond donors (Lipinski definition) is 0. The van der Waals surface area contributed by atoms with Gasteiger partial charge in [-0.3, -0.25) is 9.13 Å². The van der Waals surface area contributed by atoms with Gasteiger partial charge in [0.15, 0.2) is 11.6 Å². The van der Waals surface area contributed by atoms with Crippen molar-refractivity contribution in [1.29, 1.82) is 0 Å². The van der Waals surface area contributed by atoms with Gasteiger partial charge in [-0.2, -0.15) is 0 Å². The summed E-state index contributed by atoms with van der Waals surface area (Å²) in [6.45, 7) is 0. The summed E-state index contributed by atoms with van der Waals surface area (Å²) >= 11 is 1.88. The number of hydrogen-bond acceptors (Lipinski definition) is 5. The maximum atomic E-state index is 5.29. The van der Waals surface area contributed by atoms with Crippen molar-refractivity contribution in [3.63, 3.8) is 0 Å². The number of rotatable bonds is 6. The Labute approximate surface area is 365 Å². The Hall–Kier alpha value is -8.26. The summed E-state index contributed by atoms with van der Waals surface area (Å²) in [7, 11) is 0. The van der Waals surface area contributed by atoms with E-state index in [0.29, 0.717) is 11.6 Å². The van der Waals surface area contributed by atoms with E-state index in [2.05, 4.69) is 167 Å². The zero-order chi connectivity index (χ0) is 41.4. The summed E-state index contributed by atoms with van der Waals surface area (Å²) in [6.07, 6.45) is 0. The number of para-hydroxylation sites is 2. The molecule has 0 aliphatic rings. The standard InChI is InChI=1S/C56H34N6S/c1-5-17-35(18-6-1)43-33-49(59-55(57-43)37-21-9-3-10-22-37)61-45-27-15-13-25-41(45)51-47(61)31-29-39-40-30-32-48-52(54(40)63-53(39)51)42-26-14-16-28-46(42)62(48)50-34-44(36-19-7-2-8-20-36)58-56(60-50)38-23-11-4-12-24-38/h1-34H. The maximum absolute atomic E-state index is 5.29. The van der Waals surface area contributed by atoms with Crippen LogP contribution in [0.1, 0.15) is 0 Å². The van der Waals surface area contributed by atoms with Crippen LogP contribution in [-0.2, 0) is 0 Å². The summed E-state index contributed by atoms with van der Waals surface area (Å²) < 4.78 is 7.14. The Morgan fingerprint density at radius 2 is 0.667 bits per heavy atom. The van der Waals surface area contributed by atoms with Crippen molar-refractivity contribution in [1.82, 2.24) is 29.1 Å². The monoisotopic (exact) mass is 822 g/mol. The minimum atomic E-state index is 0.690.